The molecule has 0 saturated carbocycles. The predicted octanol–water partition coefficient (Wildman–Crippen LogP) is 4.58. The van der Waals surface area contributed by atoms with Crippen molar-refractivity contribution in [3.8, 4) is 11.3 Å². The van der Waals surface area contributed by atoms with Crippen molar-refractivity contribution in [3.05, 3.63) is 94.0 Å². The number of hydrogen-bond acceptors (Lipinski definition) is 4. The molecule has 0 saturated heterocycles. The summed E-state index contributed by atoms with van der Waals surface area (Å²) >= 11 is 0. The number of nitrogens with one attached hydrogen (secondary N) is 3. The third-order valence-corrected chi connectivity index (χ3v) is 6.62. The van der Waals surface area contributed by atoms with Gasteiger partial charge in [-0.3, -0.25) is 4.79 Å². The number of carbonyl (C=O) groups is 1. The van der Waals surface area contributed by atoms with Crippen LogP contribution in [0.5, 0.6) is 0 Å². The van der Waals surface area contributed by atoms with Crippen molar-refractivity contribution in [2.45, 2.75) is 34.1 Å². The monoisotopic (exact) mass is 515 g/mol. The molecule has 38 heavy (non-hydrogen) atoms. The zero-order valence-electron chi connectivity index (χ0n) is 23.0. The van der Waals surface area contributed by atoms with E-state index in [1.165, 1.54) is 17.7 Å². The number of halogens is 1. The zero-order valence-corrected chi connectivity index (χ0v) is 23.0. The minimum absolute atomic E-state index is 0.00938. The number of amides is 1. The van der Waals surface area contributed by atoms with E-state index in [0.29, 0.717) is 28.8 Å². The van der Waals surface area contributed by atoms with Gasteiger partial charge in [0.1, 0.15) is 17.0 Å². The van der Waals surface area contributed by atoms with Gasteiger partial charge in [0, 0.05) is 49.0 Å². The number of hydrogen-bond donors (Lipinski definition) is 3. The van der Waals surface area contributed by atoms with E-state index < -0.39 is 0 Å². The highest BCUT2D eigenvalue weighted by molar-refractivity contribution is 6.00. The summed E-state index contributed by atoms with van der Waals surface area (Å²) < 4.78 is 20.1. The molecule has 0 radical (unpaired) electrons. The van der Waals surface area contributed by atoms with Crippen molar-refractivity contribution in [1.82, 2.24) is 16.0 Å². The molecular weight excluding hydrogens is 477 g/mol. The second-order valence-corrected chi connectivity index (χ2v) is 11.1. The molecule has 0 fully saturated rings. The molecule has 1 aliphatic heterocycles. The van der Waals surface area contributed by atoms with Crippen LogP contribution in [0.1, 0.15) is 44.5 Å². The molecule has 1 amide bonds. The normalized spacial score (nSPS) is 18.1. The standard InChI is InChI=1S/C32H38FN3O2/c1-21(24-9-7-6-8-22(17-24)18-36-20-32(2,3)4)16-27-28(31(37)34-5)30(23-10-12-26(33)13-11-23)38-29(27)25-14-15-35-19-25/h6-7,9-17,21,35-36H,8,18-20H2,1-5H3,(H,34,37)/b27-16-,29-25+. The summed E-state index contributed by atoms with van der Waals surface area (Å²) in [4.78, 5) is 13.2. The van der Waals surface area contributed by atoms with Gasteiger partial charge in [-0.15, -0.1) is 0 Å². The van der Waals surface area contributed by atoms with E-state index >= 15 is 0 Å². The van der Waals surface area contributed by atoms with Crippen molar-refractivity contribution in [2.75, 3.05) is 26.7 Å². The van der Waals surface area contributed by atoms with Gasteiger partial charge in [0.2, 0.25) is 0 Å². The number of rotatable bonds is 7. The highest BCUT2D eigenvalue weighted by Gasteiger charge is 2.22. The fourth-order valence-electron chi connectivity index (χ4n) is 4.63. The molecule has 4 rings (SSSR count). The summed E-state index contributed by atoms with van der Waals surface area (Å²) in [5, 5.41) is 10.3. The molecular formula is C32H38FN3O2. The molecule has 0 spiro atoms. The lowest BCUT2D eigenvalue weighted by atomic mass is 9.95. The summed E-state index contributed by atoms with van der Waals surface area (Å²) in [6.07, 6.45) is 15.5. The quantitative estimate of drug-likeness (QED) is 0.505. The van der Waals surface area contributed by atoms with Crippen molar-refractivity contribution in [3.63, 3.8) is 0 Å². The van der Waals surface area contributed by atoms with Crippen molar-refractivity contribution >= 4 is 17.6 Å². The Labute approximate surface area is 224 Å². The maximum Gasteiger partial charge on any atom is 0.255 e. The Hall–Kier alpha value is -3.64. The van der Waals surface area contributed by atoms with Crippen LogP contribution in [0, 0.1) is 17.2 Å². The van der Waals surface area contributed by atoms with Crippen LogP contribution in [0.3, 0.4) is 0 Å². The van der Waals surface area contributed by atoms with Crippen LogP contribution < -0.4 is 26.6 Å². The van der Waals surface area contributed by atoms with Crippen LogP contribution >= 0.6 is 0 Å². The minimum Gasteiger partial charge on any atom is -0.455 e. The maximum absolute atomic E-state index is 13.7. The zero-order chi connectivity index (χ0) is 27.3. The van der Waals surface area contributed by atoms with Crippen molar-refractivity contribution < 1.29 is 13.6 Å². The molecule has 2 aromatic rings. The van der Waals surface area contributed by atoms with E-state index in [4.69, 9.17) is 4.42 Å². The van der Waals surface area contributed by atoms with Gasteiger partial charge in [-0.05, 0) is 54.0 Å². The molecule has 0 bridgehead atoms. The molecule has 1 aromatic heterocycles. The SMILES string of the molecule is CNC(=O)c1c(-c2ccc(F)cc2)oc(=C2\C=CNC2)/c1=C\C(C)C1=CC=CCC(CNCC(C)(C)C)=C1. The van der Waals surface area contributed by atoms with Gasteiger partial charge in [-0.1, -0.05) is 63.6 Å². The van der Waals surface area contributed by atoms with E-state index in [2.05, 4.69) is 74.0 Å². The average molecular weight is 516 g/mol. The summed E-state index contributed by atoms with van der Waals surface area (Å²) in [5.74, 6) is -0.142. The summed E-state index contributed by atoms with van der Waals surface area (Å²) in [5.41, 5.74) is 5.41. The highest BCUT2D eigenvalue weighted by atomic mass is 19.1. The Morgan fingerprint density at radius 2 is 2.00 bits per heavy atom. The fraction of sp³-hybridized carbons (Fsp3) is 0.344. The molecule has 1 aromatic carbocycles. The van der Waals surface area contributed by atoms with Crippen molar-refractivity contribution in [2.24, 2.45) is 11.3 Å². The predicted molar refractivity (Wildman–Crippen MR) is 153 cm³/mol. The molecule has 2 heterocycles. The lowest BCUT2D eigenvalue weighted by Gasteiger charge is -2.19. The fourth-order valence-corrected chi connectivity index (χ4v) is 4.63. The molecule has 6 heteroatoms. The minimum atomic E-state index is -0.340. The van der Waals surface area contributed by atoms with E-state index in [9.17, 15) is 9.18 Å². The molecule has 2 aliphatic rings. The van der Waals surface area contributed by atoms with Gasteiger partial charge in [-0.2, -0.15) is 0 Å². The Bertz CT molecular complexity index is 1420. The molecule has 1 atom stereocenters. The lowest BCUT2D eigenvalue weighted by Crippen LogP contribution is -2.33. The first kappa shape index (κ1) is 27.4. The number of allylic oxidation sites excluding steroid dienone is 5. The third-order valence-electron chi connectivity index (χ3n) is 6.62. The van der Waals surface area contributed by atoms with Crippen LogP contribution in [-0.4, -0.2) is 32.6 Å². The van der Waals surface area contributed by atoms with Crippen LogP contribution in [0.15, 0.2) is 76.4 Å². The molecule has 200 valence electrons. The summed E-state index contributed by atoms with van der Waals surface area (Å²) in [6.45, 7) is 11.2. The third kappa shape index (κ3) is 6.62. The van der Waals surface area contributed by atoms with E-state index in [1.807, 2.05) is 12.3 Å². The average Bonchev–Trinajstić information content (AvgIpc) is 3.46. The lowest BCUT2D eigenvalue weighted by molar-refractivity contribution is 0.0962. The van der Waals surface area contributed by atoms with Crippen LogP contribution in [0.25, 0.3) is 23.0 Å². The second-order valence-electron chi connectivity index (χ2n) is 11.1. The largest absolute Gasteiger partial charge is 0.455 e. The molecule has 1 unspecified atom stereocenters. The van der Waals surface area contributed by atoms with Crippen LogP contribution in [-0.2, 0) is 0 Å². The second kappa shape index (κ2) is 11.8. The number of benzene rings is 1. The Balaban J connectivity index is 1.82. The van der Waals surface area contributed by atoms with Crippen LogP contribution in [0.4, 0.5) is 4.39 Å². The Morgan fingerprint density at radius 1 is 1.24 bits per heavy atom. The number of furan rings is 1. The summed E-state index contributed by atoms with van der Waals surface area (Å²) in [7, 11) is 1.61. The van der Waals surface area contributed by atoms with Gasteiger partial charge in [-0.25, -0.2) is 4.39 Å². The maximum atomic E-state index is 13.7. The highest BCUT2D eigenvalue weighted by Crippen LogP contribution is 2.24. The van der Waals surface area contributed by atoms with Crippen LogP contribution in [0.2, 0.25) is 0 Å². The smallest absolute Gasteiger partial charge is 0.255 e. The van der Waals surface area contributed by atoms with Gasteiger partial charge in [0.05, 0.1) is 5.56 Å². The Kier molecular flexibility index (Phi) is 8.52. The molecule has 3 N–H and O–H groups in total. The molecule has 5 nitrogen and oxygen atoms in total. The molecule has 1 aliphatic carbocycles. The van der Waals surface area contributed by atoms with E-state index in [1.54, 1.807) is 19.2 Å². The first-order valence-electron chi connectivity index (χ1n) is 13.2. The van der Waals surface area contributed by atoms with E-state index in [0.717, 1.165) is 35.9 Å². The van der Waals surface area contributed by atoms with Gasteiger partial charge in [0.25, 0.3) is 5.91 Å². The Morgan fingerprint density at radius 3 is 2.66 bits per heavy atom. The van der Waals surface area contributed by atoms with Gasteiger partial charge >= 0.3 is 0 Å². The number of carbonyl (C=O) groups excluding carboxylic acids is 1. The first-order valence-corrected chi connectivity index (χ1v) is 13.2. The van der Waals surface area contributed by atoms with Crippen molar-refractivity contribution in [1.29, 1.82) is 0 Å². The van der Waals surface area contributed by atoms with Gasteiger partial charge < -0.3 is 20.4 Å². The topological polar surface area (TPSA) is 66.3 Å². The summed E-state index contributed by atoms with van der Waals surface area (Å²) in [6, 6.07) is 6.04. The first-order chi connectivity index (χ1) is 18.2. The van der Waals surface area contributed by atoms with E-state index in [-0.39, 0.29) is 23.1 Å². The van der Waals surface area contributed by atoms with Gasteiger partial charge in [0.15, 0.2) is 0 Å².